The highest BCUT2D eigenvalue weighted by atomic mass is 32.1. The number of thiophene rings is 1. The zero-order valence-electron chi connectivity index (χ0n) is 14.1. The highest BCUT2D eigenvalue weighted by Gasteiger charge is 2.18. The monoisotopic (exact) mass is 341 g/mol. The lowest BCUT2D eigenvalue weighted by Crippen LogP contribution is -2.27. The molecule has 0 aliphatic carbocycles. The summed E-state index contributed by atoms with van der Waals surface area (Å²) in [6, 6.07) is 9.23. The van der Waals surface area contributed by atoms with Gasteiger partial charge < -0.3 is 10.0 Å². The van der Waals surface area contributed by atoms with Gasteiger partial charge in [-0.2, -0.15) is 0 Å². The molecule has 124 valence electrons. The van der Waals surface area contributed by atoms with Crippen molar-refractivity contribution in [2.24, 2.45) is 0 Å². The lowest BCUT2D eigenvalue weighted by atomic mass is 10.2. The summed E-state index contributed by atoms with van der Waals surface area (Å²) in [6.07, 6.45) is 0. The smallest absolute Gasteiger partial charge is 0.335 e. The van der Waals surface area contributed by atoms with E-state index >= 15 is 0 Å². The summed E-state index contributed by atoms with van der Waals surface area (Å²) in [7, 11) is 1.98. The van der Waals surface area contributed by atoms with E-state index in [1.54, 1.807) is 29.5 Å². The number of carbonyl (C=O) groups is 1. The SMILES string of the molecule is Cc1ccc(-c2nc3ccc(C(=O)O)cc3nc2N(C)C(C)C)s1. The predicted octanol–water partition coefficient (Wildman–Crippen LogP) is 4.21. The first kappa shape index (κ1) is 16.4. The molecule has 0 amide bonds. The van der Waals surface area contributed by atoms with E-state index < -0.39 is 5.97 Å². The van der Waals surface area contributed by atoms with Crippen molar-refractivity contribution < 1.29 is 9.90 Å². The van der Waals surface area contributed by atoms with E-state index in [1.165, 1.54) is 4.88 Å². The molecule has 0 aliphatic rings. The summed E-state index contributed by atoms with van der Waals surface area (Å²) in [4.78, 5) is 25.0. The maximum atomic E-state index is 11.2. The summed E-state index contributed by atoms with van der Waals surface area (Å²) >= 11 is 1.68. The van der Waals surface area contributed by atoms with Gasteiger partial charge in [-0.15, -0.1) is 11.3 Å². The zero-order valence-corrected chi connectivity index (χ0v) is 14.9. The second-order valence-corrected chi connectivity index (χ2v) is 7.31. The number of aromatic nitrogens is 2. The van der Waals surface area contributed by atoms with Crippen molar-refractivity contribution in [1.29, 1.82) is 0 Å². The van der Waals surface area contributed by atoms with Crippen LogP contribution in [0.1, 0.15) is 29.1 Å². The molecule has 0 bridgehead atoms. The van der Waals surface area contributed by atoms with Gasteiger partial charge in [-0.25, -0.2) is 14.8 Å². The van der Waals surface area contributed by atoms with Crippen LogP contribution in [0.3, 0.4) is 0 Å². The lowest BCUT2D eigenvalue weighted by Gasteiger charge is -2.24. The number of hydrogen-bond acceptors (Lipinski definition) is 5. The maximum absolute atomic E-state index is 11.2. The van der Waals surface area contributed by atoms with Crippen LogP contribution in [-0.4, -0.2) is 34.1 Å². The van der Waals surface area contributed by atoms with Crippen LogP contribution in [-0.2, 0) is 0 Å². The van der Waals surface area contributed by atoms with Crippen molar-refractivity contribution in [3.05, 3.63) is 40.8 Å². The molecule has 3 aromatic rings. The number of carboxylic acids is 1. The Hall–Kier alpha value is -2.47. The topological polar surface area (TPSA) is 66.3 Å². The standard InChI is InChI=1S/C18H19N3O2S/c1-10(2)21(4)17-16(15-8-5-11(3)24-15)19-13-7-6-12(18(22)23)9-14(13)20-17/h5-10H,1-4H3,(H,22,23). The van der Waals surface area contributed by atoms with Gasteiger partial charge in [-0.05, 0) is 51.1 Å². The van der Waals surface area contributed by atoms with Gasteiger partial charge in [0.2, 0.25) is 0 Å². The molecule has 2 heterocycles. The Kier molecular flexibility index (Phi) is 4.24. The summed E-state index contributed by atoms with van der Waals surface area (Å²) in [5.41, 5.74) is 2.34. The minimum Gasteiger partial charge on any atom is -0.478 e. The van der Waals surface area contributed by atoms with E-state index in [-0.39, 0.29) is 11.6 Å². The molecule has 2 aromatic heterocycles. The molecule has 1 N–H and O–H groups in total. The first-order chi connectivity index (χ1) is 11.4. The second-order valence-electron chi connectivity index (χ2n) is 6.02. The van der Waals surface area contributed by atoms with Gasteiger partial charge in [0.25, 0.3) is 0 Å². The second kappa shape index (κ2) is 6.20. The van der Waals surface area contributed by atoms with E-state index in [4.69, 9.17) is 9.97 Å². The lowest BCUT2D eigenvalue weighted by molar-refractivity contribution is 0.0697. The van der Waals surface area contributed by atoms with Crippen LogP contribution in [0.2, 0.25) is 0 Å². The molecule has 0 atom stereocenters. The third-order valence-corrected chi connectivity index (χ3v) is 4.98. The third kappa shape index (κ3) is 2.97. The van der Waals surface area contributed by atoms with Crippen LogP contribution in [0.15, 0.2) is 30.3 Å². The van der Waals surface area contributed by atoms with Crippen molar-refractivity contribution in [1.82, 2.24) is 9.97 Å². The van der Waals surface area contributed by atoms with E-state index in [2.05, 4.69) is 37.8 Å². The molecule has 6 heteroatoms. The van der Waals surface area contributed by atoms with Gasteiger partial charge in [0, 0.05) is 18.0 Å². The van der Waals surface area contributed by atoms with Gasteiger partial charge >= 0.3 is 5.97 Å². The number of aromatic carboxylic acids is 1. The normalized spacial score (nSPS) is 11.2. The molecule has 0 saturated carbocycles. The Morgan fingerprint density at radius 1 is 1.17 bits per heavy atom. The highest BCUT2D eigenvalue weighted by Crippen LogP contribution is 2.34. The predicted molar refractivity (Wildman–Crippen MR) is 98.1 cm³/mol. The zero-order chi connectivity index (χ0) is 17.4. The van der Waals surface area contributed by atoms with Gasteiger partial charge in [0.1, 0.15) is 5.69 Å². The first-order valence-electron chi connectivity index (χ1n) is 7.71. The van der Waals surface area contributed by atoms with Crippen molar-refractivity contribution in [2.75, 3.05) is 11.9 Å². The van der Waals surface area contributed by atoms with E-state index in [0.717, 1.165) is 16.4 Å². The van der Waals surface area contributed by atoms with Crippen molar-refractivity contribution in [2.45, 2.75) is 26.8 Å². The average molecular weight is 341 g/mol. The quantitative estimate of drug-likeness (QED) is 0.770. The minimum atomic E-state index is -0.963. The molecular formula is C18H19N3O2S. The van der Waals surface area contributed by atoms with Crippen molar-refractivity contribution in [3.63, 3.8) is 0 Å². The molecule has 24 heavy (non-hydrogen) atoms. The van der Waals surface area contributed by atoms with E-state index in [9.17, 15) is 9.90 Å². The van der Waals surface area contributed by atoms with E-state index in [0.29, 0.717) is 11.0 Å². The molecule has 0 saturated heterocycles. The molecule has 1 aromatic carbocycles. The Labute approximate surface area is 144 Å². The van der Waals surface area contributed by atoms with Crippen LogP contribution in [0.5, 0.6) is 0 Å². The Morgan fingerprint density at radius 3 is 2.50 bits per heavy atom. The highest BCUT2D eigenvalue weighted by molar-refractivity contribution is 7.15. The van der Waals surface area contributed by atoms with Gasteiger partial charge in [0.15, 0.2) is 5.82 Å². The number of aryl methyl sites for hydroxylation is 1. The molecular weight excluding hydrogens is 322 g/mol. The largest absolute Gasteiger partial charge is 0.478 e. The molecule has 5 nitrogen and oxygen atoms in total. The van der Waals surface area contributed by atoms with Crippen molar-refractivity contribution in [3.8, 4) is 10.6 Å². The number of fused-ring (bicyclic) bond motifs is 1. The fourth-order valence-corrected chi connectivity index (χ4v) is 3.25. The van der Waals surface area contributed by atoms with Crippen LogP contribution in [0.25, 0.3) is 21.6 Å². The molecule has 0 unspecified atom stereocenters. The van der Waals surface area contributed by atoms with Crippen LogP contribution in [0, 0.1) is 6.92 Å². The molecule has 0 aliphatic heterocycles. The molecule has 0 fully saturated rings. The minimum absolute atomic E-state index is 0.217. The fraction of sp³-hybridized carbons (Fsp3) is 0.278. The summed E-state index contributed by atoms with van der Waals surface area (Å²) in [5.74, 6) is -0.197. The van der Waals surface area contributed by atoms with Gasteiger partial charge in [0.05, 0.1) is 21.5 Å². The van der Waals surface area contributed by atoms with Crippen LogP contribution in [0.4, 0.5) is 5.82 Å². The molecule has 0 spiro atoms. The average Bonchev–Trinajstić information content (AvgIpc) is 2.98. The Balaban J connectivity index is 2.26. The fourth-order valence-electron chi connectivity index (χ4n) is 2.40. The number of hydrogen-bond donors (Lipinski definition) is 1. The van der Waals surface area contributed by atoms with Crippen molar-refractivity contribution >= 4 is 34.2 Å². The van der Waals surface area contributed by atoms with Crippen LogP contribution < -0.4 is 4.90 Å². The summed E-state index contributed by atoms with van der Waals surface area (Å²) in [6.45, 7) is 6.24. The third-order valence-electron chi connectivity index (χ3n) is 3.98. The number of anilines is 1. The molecule has 0 radical (unpaired) electrons. The first-order valence-corrected chi connectivity index (χ1v) is 8.53. The Morgan fingerprint density at radius 2 is 1.92 bits per heavy atom. The summed E-state index contributed by atoms with van der Waals surface area (Å²) < 4.78 is 0. The van der Waals surface area contributed by atoms with E-state index in [1.807, 2.05) is 7.05 Å². The number of nitrogens with zero attached hydrogens (tertiary/aromatic N) is 3. The number of benzene rings is 1. The van der Waals surface area contributed by atoms with Crippen LogP contribution >= 0.6 is 11.3 Å². The number of rotatable bonds is 4. The Bertz CT molecular complexity index is 918. The number of carboxylic acid groups (broad SMARTS) is 1. The maximum Gasteiger partial charge on any atom is 0.335 e. The van der Waals surface area contributed by atoms with Gasteiger partial charge in [-0.3, -0.25) is 0 Å². The van der Waals surface area contributed by atoms with Gasteiger partial charge in [-0.1, -0.05) is 0 Å². The molecule has 3 rings (SSSR count). The summed E-state index contributed by atoms with van der Waals surface area (Å²) in [5, 5.41) is 9.19.